The molecule has 0 bridgehead atoms. The molecule has 5 nitrogen and oxygen atoms in total. The summed E-state index contributed by atoms with van der Waals surface area (Å²) < 4.78 is 0. The van der Waals surface area contributed by atoms with Crippen molar-refractivity contribution in [2.24, 2.45) is 0 Å². The Morgan fingerprint density at radius 1 is 1.32 bits per heavy atom. The molecule has 0 heterocycles. The van der Waals surface area contributed by atoms with Crippen LogP contribution in [0.25, 0.3) is 0 Å². The summed E-state index contributed by atoms with van der Waals surface area (Å²) in [6, 6.07) is 5.32. The molecule has 5 heteroatoms. The molecule has 0 atom stereocenters. The summed E-state index contributed by atoms with van der Waals surface area (Å²) >= 11 is 0. The van der Waals surface area contributed by atoms with Crippen molar-refractivity contribution in [1.82, 2.24) is 10.2 Å². The maximum atomic E-state index is 11.5. The highest BCUT2D eigenvalue weighted by molar-refractivity contribution is 5.95. The second-order valence-electron chi connectivity index (χ2n) is 4.33. The van der Waals surface area contributed by atoms with Gasteiger partial charge in [0.25, 0.3) is 5.91 Å². The van der Waals surface area contributed by atoms with Crippen molar-refractivity contribution in [2.45, 2.75) is 13.8 Å². The predicted molar refractivity (Wildman–Crippen MR) is 80.5 cm³/mol. The van der Waals surface area contributed by atoms with E-state index in [0.29, 0.717) is 11.3 Å². The summed E-state index contributed by atoms with van der Waals surface area (Å²) in [4.78, 5) is 13.8. The molecule has 4 N–H and O–H groups in total. The van der Waals surface area contributed by atoms with Gasteiger partial charge in [-0.1, -0.05) is 13.8 Å². The quantitative estimate of drug-likeness (QED) is 0.651. The molecule has 0 fully saturated rings. The summed E-state index contributed by atoms with van der Waals surface area (Å²) in [5.41, 5.74) is 7.99. The van der Waals surface area contributed by atoms with Gasteiger partial charge in [-0.2, -0.15) is 0 Å². The monoisotopic (exact) mass is 264 g/mol. The molecular weight excluding hydrogens is 240 g/mol. The number of rotatable bonds is 7. The number of anilines is 2. The lowest BCUT2D eigenvalue weighted by atomic mass is 10.1. The molecule has 0 aliphatic carbocycles. The molecule has 19 heavy (non-hydrogen) atoms. The average molecular weight is 264 g/mol. The van der Waals surface area contributed by atoms with Gasteiger partial charge in [-0.15, -0.1) is 0 Å². The first kappa shape index (κ1) is 15.3. The zero-order valence-electron chi connectivity index (χ0n) is 12.0. The Labute approximate surface area is 115 Å². The zero-order chi connectivity index (χ0) is 14.3. The number of hydrogen-bond donors (Lipinski definition) is 3. The third-order valence-corrected chi connectivity index (χ3v) is 3.18. The number of hydrogen-bond acceptors (Lipinski definition) is 4. The van der Waals surface area contributed by atoms with E-state index in [0.717, 1.165) is 31.9 Å². The third-order valence-electron chi connectivity index (χ3n) is 3.18. The van der Waals surface area contributed by atoms with Crippen LogP contribution in [-0.4, -0.2) is 44.0 Å². The van der Waals surface area contributed by atoms with Crippen molar-refractivity contribution >= 4 is 17.3 Å². The number of carbonyl (C=O) groups is 1. The van der Waals surface area contributed by atoms with Gasteiger partial charge in [0.1, 0.15) is 0 Å². The molecule has 1 amide bonds. The molecule has 0 aromatic heterocycles. The van der Waals surface area contributed by atoms with E-state index in [1.165, 1.54) is 0 Å². The Hall–Kier alpha value is -1.75. The average Bonchev–Trinajstić information content (AvgIpc) is 2.44. The molecule has 1 rings (SSSR count). The van der Waals surface area contributed by atoms with Gasteiger partial charge >= 0.3 is 0 Å². The van der Waals surface area contributed by atoms with Crippen molar-refractivity contribution in [3.63, 3.8) is 0 Å². The smallest absolute Gasteiger partial charge is 0.251 e. The summed E-state index contributed by atoms with van der Waals surface area (Å²) in [6.45, 7) is 8.20. The molecule has 1 aromatic rings. The van der Waals surface area contributed by atoms with Crippen molar-refractivity contribution < 1.29 is 4.79 Å². The zero-order valence-corrected chi connectivity index (χ0v) is 12.0. The van der Waals surface area contributed by atoms with E-state index in [-0.39, 0.29) is 5.91 Å². The lowest BCUT2D eigenvalue weighted by Crippen LogP contribution is -2.28. The fraction of sp³-hybridized carbons (Fsp3) is 0.500. The molecule has 0 unspecified atom stereocenters. The maximum absolute atomic E-state index is 11.5. The first-order chi connectivity index (χ1) is 9.12. The van der Waals surface area contributed by atoms with Crippen molar-refractivity contribution in [1.29, 1.82) is 0 Å². The van der Waals surface area contributed by atoms with Gasteiger partial charge in [0.15, 0.2) is 0 Å². The van der Waals surface area contributed by atoms with Gasteiger partial charge in [-0.3, -0.25) is 4.79 Å². The van der Waals surface area contributed by atoms with Crippen LogP contribution in [0.15, 0.2) is 18.2 Å². The van der Waals surface area contributed by atoms with Gasteiger partial charge in [0, 0.05) is 25.7 Å². The largest absolute Gasteiger partial charge is 0.397 e. The number of carbonyl (C=O) groups excluding carboxylic acids is 1. The molecule has 1 aromatic carbocycles. The number of likely N-dealkylation sites (N-methyl/N-ethyl adjacent to an activating group) is 1. The minimum Gasteiger partial charge on any atom is -0.397 e. The van der Waals surface area contributed by atoms with Crippen LogP contribution in [0.4, 0.5) is 11.4 Å². The summed E-state index contributed by atoms with van der Waals surface area (Å²) in [5.74, 6) is -0.124. The van der Waals surface area contributed by atoms with Crippen LogP contribution in [0, 0.1) is 0 Å². The number of nitrogens with one attached hydrogen (secondary N) is 2. The van der Waals surface area contributed by atoms with E-state index in [1.807, 2.05) is 6.07 Å². The van der Waals surface area contributed by atoms with Crippen LogP contribution in [0.3, 0.4) is 0 Å². The Bertz CT molecular complexity index is 416. The van der Waals surface area contributed by atoms with E-state index >= 15 is 0 Å². The van der Waals surface area contributed by atoms with Gasteiger partial charge in [0.05, 0.1) is 11.4 Å². The molecule has 106 valence electrons. The number of nitrogen functional groups attached to an aromatic ring is 1. The molecule has 0 aliphatic rings. The van der Waals surface area contributed by atoms with E-state index in [9.17, 15) is 4.79 Å². The number of amides is 1. The topological polar surface area (TPSA) is 70.4 Å². The normalized spacial score (nSPS) is 10.5. The highest BCUT2D eigenvalue weighted by atomic mass is 16.1. The lowest BCUT2D eigenvalue weighted by Gasteiger charge is -2.19. The van der Waals surface area contributed by atoms with Crippen LogP contribution < -0.4 is 16.4 Å². The fourth-order valence-electron chi connectivity index (χ4n) is 1.90. The van der Waals surface area contributed by atoms with Crippen LogP contribution >= 0.6 is 0 Å². The number of nitrogens with zero attached hydrogens (tertiary/aromatic N) is 1. The number of benzene rings is 1. The predicted octanol–water partition coefficient (Wildman–Crippen LogP) is 1.38. The molecule has 0 spiro atoms. The van der Waals surface area contributed by atoms with Crippen molar-refractivity contribution in [3.8, 4) is 0 Å². The minimum absolute atomic E-state index is 0.124. The summed E-state index contributed by atoms with van der Waals surface area (Å²) in [6.07, 6.45) is 0. The highest BCUT2D eigenvalue weighted by Crippen LogP contribution is 2.19. The van der Waals surface area contributed by atoms with Crippen LogP contribution in [0.2, 0.25) is 0 Å². The molecule has 0 aliphatic heterocycles. The second-order valence-corrected chi connectivity index (χ2v) is 4.33. The third kappa shape index (κ3) is 4.44. The van der Waals surface area contributed by atoms with E-state index in [4.69, 9.17) is 5.73 Å². The summed E-state index contributed by atoms with van der Waals surface area (Å²) in [5, 5.41) is 5.88. The Kier molecular flexibility index (Phi) is 6.15. The standard InChI is InChI=1S/C14H24N4O/c1-4-18(5-2)9-8-17-13-7-6-11(10-12(13)15)14(19)16-3/h6-7,10,17H,4-5,8-9,15H2,1-3H3,(H,16,19). The second kappa shape index (κ2) is 7.63. The summed E-state index contributed by atoms with van der Waals surface area (Å²) in [7, 11) is 1.61. The van der Waals surface area contributed by atoms with Crippen LogP contribution in [-0.2, 0) is 0 Å². The molecule has 0 saturated carbocycles. The van der Waals surface area contributed by atoms with E-state index in [1.54, 1.807) is 19.2 Å². The van der Waals surface area contributed by atoms with Crippen molar-refractivity contribution in [2.75, 3.05) is 44.3 Å². The van der Waals surface area contributed by atoms with Gasteiger partial charge in [-0.05, 0) is 31.3 Å². The van der Waals surface area contributed by atoms with Gasteiger partial charge in [0.2, 0.25) is 0 Å². The number of nitrogens with two attached hydrogens (primary N) is 1. The van der Waals surface area contributed by atoms with E-state index in [2.05, 4.69) is 29.4 Å². The Morgan fingerprint density at radius 2 is 2.00 bits per heavy atom. The first-order valence-corrected chi connectivity index (χ1v) is 6.70. The lowest BCUT2D eigenvalue weighted by molar-refractivity contribution is 0.0963. The van der Waals surface area contributed by atoms with E-state index < -0.39 is 0 Å². The maximum Gasteiger partial charge on any atom is 0.251 e. The molecule has 0 radical (unpaired) electrons. The van der Waals surface area contributed by atoms with Crippen molar-refractivity contribution in [3.05, 3.63) is 23.8 Å². The SMILES string of the molecule is CCN(CC)CCNc1ccc(C(=O)NC)cc1N. The van der Waals surface area contributed by atoms with Gasteiger partial charge < -0.3 is 21.3 Å². The fourth-order valence-corrected chi connectivity index (χ4v) is 1.90. The minimum atomic E-state index is -0.124. The molecular formula is C14H24N4O. The van der Waals surface area contributed by atoms with Gasteiger partial charge in [-0.25, -0.2) is 0 Å². The van der Waals surface area contributed by atoms with Crippen LogP contribution in [0.1, 0.15) is 24.2 Å². The Balaban J connectivity index is 2.58. The first-order valence-electron chi connectivity index (χ1n) is 6.70. The highest BCUT2D eigenvalue weighted by Gasteiger charge is 2.06. The Morgan fingerprint density at radius 3 is 2.53 bits per heavy atom. The van der Waals surface area contributed by atoms with Crippen LogP contribution in [0.5, 0.6) is 0 Å². The molecule has 0 saturated heterocycles.